The van der Waals surface area contributed by atoms with Gasteiger partial charge in [-0.2, -0.15) is 0 Å². The number of hydrogen-bond acceptors (Lipinski definition) is 4. The van der Waals surface area contributed by atoms with E-state index in [0.29, 0.717) is 6.04 Å². The molecule has 2 aromatic heterocycles. The number of aromatic nitrogens is 4. The second kappa shape index (κ2) is 5.54. The molecule has 0 aromatic carbocycles. The molecule has 0 bridgehead atoms. The van der Waals surface area contributed by atoms with Gasteiger partial charge >= 0.3 is 0 Å². The van der Waals surface area contributed by atoms with Gasteiger partial charge in [-0.15, -0.1) is 5.10 Å². The molecule has 0 aliphatic heterocycles. The van der Waals surface area contributed by atoms with Crippen LogP contribution in [-0.2, 0) is 19.9 Å². The van der Waals surface area contributed by atoms with E-state index < -0.39 is 0 Å². The number of hydrogen-bond donors (Lipinski definition) is 1. The lowest BCUT2D eigenvalue weighted by atomic mass is 10.0. The molecule has 2 heterocycles. The Hall–Kier alpha value is -1.75. The van der Waals surface area contributed by atoms with Crippen molar-refractivity contribution >= 4 is 0 Å². The van der Waals surface area contributed by atoms with Gasteiger partial charge in [-0.1, -0.05) is 5.21 Å². The van der Waals surface area contributed by atoms with Crippen LogP contribution in [0.3, 0.4) is 0 Å². The van der Waals surface area contributed by atoms with Gasteiger partial charge in [0.25, 0.3) is 0 Å². The molecule has 5 heteroatoms. The minimum Gasteiger partial charge on any atom is -0.316 e. The van der Waals surface area contributed by atoms with Gasteiger partial charge in [-0.3, -0.25) is 9.67 Å². The summed E-state index contributed by atoms with van der Waals surface area (Å²) in [6.45, 7) is 0. The van der Waals surface area contributed by atoms with Crippen molar-refractivity contribution < 1.29 is 0 Å². The lowest BCUT2D eigenvalue weighted by molar-refractivity contribution is 0.549. The van der Waals surface area contributed by atoms with Crippen LogP contribution in [0, 0.1) is 0 Å². The SMILES string of the molecule is CNC(Cc1ccncc1)Cc1cn(C)nn1. The summed E-state index contributed by atoms with van der Waals surface area (Å²) >= 11 is 0. The van der Waals surface area contributed by atoms with Gasteiger partial charge in [0.15, 0.2) is 0 Å². The molecule has 0 spiro atoms. The van der Waals surface area contributed by atoms with Crippen LogP contribution in [0.2, 0.25) is 0 Å². The van der Waals surface area contributed by atoms with Crippen molar-refractivity contribution in [2.24, 2.45) is 7.05 Å². The largest absolute Gasteiger partial charge is 0.316 e. The first-order valence-electron chi connectivity index (χ1n) is 5.69. The molecule has 0 fully saturated rings. The van der Waals surface area contributed by atoms with Crippen LogP contribution in [-0.4, -0.2) is 33.1 Å². The molecule has 0 saturated heterocycles. The highest BCUT2D eigenvalue weighted by Gasteiger charge is 2.10. The van der Waals surface area contributed by atoms with E-state index in [4.69, 9.17) is 0 Å². The molecule has 0 radical (unpaired) electrons. The molecule has 2 rings (SSSR count). The minimum atomic E-state index is 0.370. The van der Waals surface area contributed by atoms with Crippen molar-refractivity contribution in [1.29, 1.82) is 0 Å². The molecule has 1 N–H and O–H groups in total. The maximum absolute atomic E-state index is 4.11. The Morgan fingerprint density at radius 3 is 2.65 bits per heavy atom. The Labute approximate surface area is 101 Å². The zero-order valence-electron chi connectivity index (χ0n) is 10.2. The predicted octanol–water partition coefficient (Wildman–Crippen LogP) is 0.583. The smallest absolute Gasteiger partial charge is 0.0842 e. The number of likely N-dealkylation sites (N-methyl/N-ethyl adjacent to an activating group) is 1. The Bertz CT molecular complexity index is 451. The van der Waals surface area contributed by atoms with Crippen LogP contribution < -0.4 is 5.32 Å². The third-order valence-electron chi connectivity index (χ3n) is 2.75. The maximum Gasteiger partial charge on any atom is 0.0842 e. The second-order valence-electron chi connectivity index (χ2n) is 4.13. The van der Waals surface area contributed by atoms with Crippen molar-refractivity contribution in [3.05, 3.63) is 42.0 Å². The summed E-state index contributed by atoms with van der Waals surface area (Å²) in [6, 6.07) is 4.45. The molecule has 5 nitrogen and oxygen atoms in total. The summed E-state index contributed by atoms with van der Waals surface area (Å²) in [7, 11) is 3.86. The van der Waals surface area contributed by atoms with Gasteiger partial charge in [0.2, 0.25) is 0 Å². The Kier molecular flexibility index (Phi) is 3.82. The van der Waals surface area contributed by atoms with E-state index in [0.717, 1.165) is 18.5 Å². The molecule has 0 amide bonds. The standard InChI is InChI=1S/C12H17N5/c1-13-11(7-10-3-5-14-6-4-10)8-12-9-17(2)16-15-12/h3-6,9,11,13H,7-8H2,1-2H3. The topological polar surface area (TPSA) is 55.6 Å². The van der Waals surface area contributed by atoms with Crippen LogP contribution in [0.4, 0.5) is 0 Å². The van der Waals surface area contributed by atoms with E-state index in [9.17, 15) is 0 Å². The Balaban J connectivity index is 1.98. The van der Waals surface area contributed by atoms with Crippen molar-refractivity contribution in [3.8, 4) is 0 Å². The van der Waals surface area contributed by atoms with E-state index in [1.165, 1.54) is 5.56 Å². The predicted molar refractivity (Wildman–Crippen MR) is 65.5 cm³/mol. The van der Waals surface area contributed by atoms with Gasteiger partial charge < -0.3 is 5.32 Å². The van der Waals surface area contributed by atoms with Crippen LogP contribution in [0.5, 0.6) is 0 Å². The lowest BCUT2D eigenvalue weighted by Crippen LogP contribution is -2.30. The fourth-order valence-electron chi connectivity index (χ4n) is 1.82. The van der Waals surface area contributed by atoms with Crippen LogP contribution >= 0.6 is 0 Å². The van der Waals surface area contributed by atoms with Crippen molar-refractivity contribution in [1.82, 2.24) is 25.3 Å². The van der Waals surface area contributed by atoms with Crippen molar-refractivity contribution in [2.45, 2.75) is 18.9 Å². The average Bonchev–Trinajstić information content (AvgIpc) is 2.75. The van der Waals surface area contributed by atoms with E-state index in [2.05, 4.69) is 20.6 Å². The monoisotopic (exact) mass is 231 g/mol. The summed E-state index contributed by atoms with van der Waals surface area (Å²) in [5.41, 5.74) is 2.30. The third kappa shape index (κ3) is 3.35. The second-order valence-corrected chi connectivity index (χ2v) is 4.13. The summed E-state index contributed by atoms with van der Waals surface area (Å²) in [5, 5.41) is 11.4. The number of nitrogens with zero attached hydrogens (tertiary/aromatic N) is 4. The fraction of sp³-hybridized carbons (Fsp3) is 0.417. The van der Waals surface area contributed by atoms with Gasteiger partial charge in [0.1, 0.15) is 0 Å². The third-order valence-corrected chi connectivity index (χ3v) is 2.75. The van der Waals surface area contributed by atoms with E-state index in [1.54, 1.807) is 4.68 Å². The van der Waals surface area contributed by atoms with Crippen LogP contribution in [0.1, 0.15) is 11.3 Å². The Morgan fingerprint density at radius 1 is 1.29 bits per heavy atom. The number of nitrogens with one attached hydrogen (secondary N) is 1. The van der Waals surface area contributed by atoms with Gasteiger partial charge in [0.05, 0.1) is 5.69 Å². The van der Waals surface area contributed by atoms with Crippen LogP contribution in [0.15, 0.2) is 30.7 Å². The summed E-state index contributed by atoms with van der Waals surface area (Å²) in [6.07, 6.45) is 7.45. The zero-order chi connectivity index (χ0) is 12.1. The number of aryl methyl sites for hydroxylation is 1. The minimum absolute atomic E-state index is 0.370. The average molecular weight is 231 g/mol. The van der Waals surface area contributed by atoms with Gasteiger partial charge in [-0.25, -0.2) is 0 Å². The highest BCUT2D eigenvalue weighted by Crippen LogP contribution is 2.06. The summed E-state index contributed by atoms with van der Waals surface area (Å²) in [5.74, 6) is 0. The highest BCUT2D eigenvalue weighted by atomic mass is 15.4. The molecule has 17 heavy (non-hydrogen) atoms. The van der Waals surface area contributed by atoms with E-state index in [1.807, 2.05) is 44.8 Å². The maximum atomic E-state index is 4.11. The molecule has 90 valence electrons. The van der Waals surface area contributed by atoms with Gasteiger partial charge in [0, 0.05) is 38.1 Å². The summed E-state index contributed by atoms with van der Waals surface area (Å²) < 4.78 is 1.73. The first-order valence-corrected chi connectivity index (χ1v) is 5.69. The molecular weight excluding hydrogens is 214 g/mol. The molecular formula is C12H17N5. The molecule has 2 aromatic rings. The number of rotatable bonds is 5. The van der Waals surface area contributed by atoms with Crippen LogP contribution in [0.25, 0.3) is 0 Å². The Morgan fingerprint density at radius 2 is 2.06 bits per heavy atom. The molecule has 0 aliphatic carbocycles. The fourth-order valence-corrected chi connectivity index (χ4v) is 1.82. The van der Waals surface area contributed by atoms with Gasteiger partial charge in [-0.05, 0) is 31.2 Å². The highest BCUT2D eigenvalue weighted by molar-refractivity contribution is 5.12. The normalized spacial score (nSPS) is 12.6. The first-order chi connectivity index (χ1) is 8.28. The first kappa shape index (κ1) is 11.7. The van der Waals surface area contributed by atoms with Crippen molar-refractivity contribution in [2.75, 3.05) is 7.05 Å². The molecule has 1 atom stereocenters. The molecule has 1 unspecified atom stereocenters. The summed E-state index contributed by atoms with van der Waals surface area (Å²) in [4.78, 5) is 4.02. The van der Waals surface area contributed by atoms with E-state index in [-0.39, 0.29) is 0 Å². The lowest BCUT2D eigenvalue weighted by Gasteiger charge is -2.14. The quantitative estimate of drug-likeness (QED) is 0.818. The van der Waals surface area contributed by atoms with E-state index >= 15 is 0 Å². The molecule has 0 aliphatic rings. The molecule has 0 saturated carbocycles. The zero-order valence-corrected chi connectivity index (χ0v) is 10.2. The van der Waals surface area contributed by atoms with Crippen molar-refractivity contribution in [3.63, 3.8) is 0 Å². The number of pyridine rings is 1.